The minimum atomic E-state index is -0.731. The summed E-state index contributed by atoms with van der Waals surface area (Å²) in [5.74, 6) is -0.424. The Morgan fingerprint density at radius 3 is 2.28 bits per heavy atom. The summed E-state index contributed by atoms with van der Waals surface area (Å²) in [6.45, 7) is 0. The fourth-order valence-electron chi connectivity index (χ4n) is 1.70. The van der Waals surface area contributed by atoms with Gasteiger partial charge in [-0.2, -0.15) is 0 Å². The van der Waals surface area contributed by atoms with Crippen LogP contribution in [0.1, 0.15) is 16.5 Å². The fraction of sp³-hybridized carbons (Fsp3) is 0.133. The number of halogens is 2. The van der Waals surface area contributed by atoms with E-state index in [0.29, 0.717) is 5.56 Å². The lowest BCUT2D eigenvalue weighted by atomic mass is 10.0. The lowest BCUT2D eigenvalue weighted by Crippen LogP contribution is -2.10. The van der Waals surface area contributed by atoms with Crippen LogP contribution in [0.2, 0.25) is 0 Å². The van der Waals surface area contributed by atoms with Crippen molar-refractivity contribution in [3.8, 4) is 0 Å². The van der Waals surface area contributed by atoms with Gasteiger partial charge in [0.2, 0.25) is 0 Å². The molecule has 2 aromatic rings. The van der Waals surface area contributed by atoms with Crippen molar-refractivity contribution in [3.63, 3.8) is 0 Å². The zero-order valence-corrected chi connectivity index (χ0v) is 10.4. The molecule has 0 bridgehead atoms. The number of carbonyl (C=O) groups is 1. The first kappa shape index (κ1) is 12.8. The first-order valence-electron chi connectivity index (χ1n) is 5.63. The molecule has 0 spiro atoms. The fourth-order valence-corrected chi connectivity index (χ4v) is 1.93. The van der Waals surface area contributed by atoms with Crippen molar-refractivity contribution < 1.29 is 9.18 Å². The Hall–Kier alpha value is -1.67. The quantitative estimate of drug-likeness (QED) is 0.764. The average molecular weight is 263 g/mol. The van der Waals surface area contributed by atoms with Crippen LogP contribution < -0.4 is 0 Å². The molecule has 0 fully saturated rings. The molecule has 1 nitrogen and oxygen atoms in total. The number of Topliss-reactive ketones (excluding diaryl/α,β-unsaturated/α-hetero) is 1. The standard InChI is InChI=1S/C15H12ClFO/c16-15(12-6-8-13(17)9-7-12)14(18)10-11-4-2-1-3-5-11/h1-9,15H,10H2. The molecule has 3 heteroatoms. The average Bonchev–Trinajstić information content (AvgIpc) is 2.40. The maximum absolute atomic E-state index is 12.8. The lowest BCUT2D eigenvalue weighted by molar-refractivity contribution is -0.118. The van der Waals surface area contributed by atoms with Crippen LogP contribution in [0.25, 0.3) is 0 Å². The monoisotopic (exact) mass is 262 g/mol. The summed E-state index contributed by atoms with van der Waals surface area (Å²) in [7, 11) is 0. The highest BCUT2D eigenvalue weighted by Gasteiger charge is 2.17. The van der Waals surface area contributed by atoms with E-state index in [2.05, 4.69) is 0 Å². The number of ketones is 1. The maximum Gasteiger partial charge on any atom is 0.159 e. The summed E-state index contributed by atoms with van der Waals surface area (Å²) in [6, 6.07) is 15.1. The molecule has 2 rings (SSSR count). The van der Waals surface area contributed by atoms with Crippen molar-refractivity contribution in [2.24, 2.45) is 0 Å². The highest BCUT2D eigenvalue weighted by Crippen LogP contribution is 2.23. The molecule has 1 unspecified atom stereocenters. The Kier molecular flexibility index (Phi) is 4.11. The Morgan fingerprint density at radius 1 is 1.06 bits per heavy atom. The molecule has 2 aromatic carbocycles. The Labute approximate surface area is 110 Å². The Balaban J connectivity index is 2.07. The Morgan fingerprint density at radius 2 is 1.67 bits per heavy atom. The van der Waals surface area contributed by atoms with Gasteiger partial charge in [0.15, 0.2) is 5.78 Å². The van der Waals surface area contributed by atoms with Gasteiger partial charge in [0.1, 0.15) is 11.2 Å². The minimum absolute atomic E-state index is 0.0884. The van der Waals surface area contributed by atoms with Crippen LogP contribution in [0.5, 0.6) is 0 Å². The molecule has 0 amide bonds. The zero-order chi connectivity index (χ0) is 13.0. The molecule has 0 aromatic heterocycles. The van der Waals surface area contributed by atoms with Gasteiger partial charge < -0.3 is 0 Å². The van der Waals surface area contributed by atoms with E-state index in [1.807, 2.05) is 30.3 Å². The third kappa shape index (κ3) is 3.17. The van der Waals surface area contributed by atoms with Gasteiger partial charge in [-0.1, -0.05) is 42.5 Å². The summed E-state index contributed by atoms with van der Waals surface area (Å²) in [5, 5.41) is -0.731. The molecular weight excluding hydrogens is 251 g/mol. The molecule has 92 valence electrons. The van der Waals surface area contributed by atoms with Crippen molar-refractivity contribution in [2.75, 3.05) is 0 Å². The van der Waals surface area contributed by atoms with Gasteiger partial charge in [-0.15, -0.1) is 11.6 Å². The third-order valence-corrected chi connectivity index (χ3v) is 3.16. The van der Waals surface area contributed by atoms with E-state index in [1.165, 1.54) is 24.3 Å². The Bertz CT molecular complexity index is 522. The second-order valence-electron chi connectivity index (χ2n) is 4.04. The zero-order valence-electron chi connectivity index (χ0n) is 9.64. The number of benzene rings is 2. The first-order chi connectivity index (χ1) is 8.66. The van der Waals surface area contributed by atoms with E-state index >= 15 is 0 Å². The molecule has 0 saturated carbocycles. The minimum Gasteiger partial charge on any atom is -0.297 e. The normalized spacial score (nSPS) is 12.1. The van der Waals surface area contributed by atoms with Crippen LogP contribution in [0.3, 0.4) is 0 Å². The molecule has 0 aliphatic rings. The lowest BCUT2D eigenvalue weighted by Gasteiger charge is -2.08. The SMILES string of the molecule is O=C(Cc1ccccc1)C(Cl)c1ccc(F)cc1. The predicted molar refractivity (Wildman–Crippen MR) is 70.1 cm³/mol. The number of alkyl halides is 1. The van der Waals surface area contributed by atoms with Gasteiger partial charge in [0, 0.05) is 6.42 Å². The third-order valence-electron chi connectivity index (χ3n) is 2.67. The van der Waals surface area contributed by atoms with Gasteiger partial charge >= 0.3 is 0 Å². The van der Waals surface area contributed by atoms with Gasteiger partial charge in [-0.05, 0) is 23.3 Å². The second-order valence-corrected chi connectivity index (χ2v) is 4.48. The second kappa shape index (κ2) is 5.78. The summed E-state index contributed by atoms with van der Waals surface area (Å²) in [4.78, 5) is 12.0. The molecule has 0 radical (unpaired) electrons. The maximum atomic E-state index is 12.8. The van der Waals surface area contributed by atoms with Gasteiger partial charge in [-0.3, -0.25) is 4.79 Å². The van der Waals surface area contributed by atoms with Crippen LogP contribution in [0.4, 0.5) is 4.39 Å². The molecule has 0 N–H and O–H groups in total. The van der Waals surface area contributed by atoms with Gasteiger partial charge in [0.25, 0.3) is 0 Å². The largest absolute Gasteiger partial charge is 0.297 e. The van der Waals surface area contributed by atoms with Crippen LogP contribution in [0, 0.1) is 5.82 Å². The van der Waals surface area contributed by atoms with Crippen LogP contribution in [-0.2, 0) is 11.2 Å². The highest BCUT2D eigenvalue weighted by atomic mass is 35.5. The first-order valence-corrected chi connectivity index (χ1v) is 6.06. The van der Waals surface area contributed by atoms with E-state index < -0.39 is 5.38 Å². The topological polar surface area (TPSA) is 17.1 Å². The van der Waals surface area contributed by atoms with Gasteiger partial charge in [-0.25, -0.2) is 4.39 Å². The molecule has 0 aliphatic carbocycles. The number of rotatable bonds is 4. The van der Waals surface area contributed by atoms with Crippen LogP contribution >= 0.6 is 11.6 Å². The van der Waals surface area contributed by atoms with Gasteiger partial charge in [0.05, 0.1) is 0 Å². The number of carbonyl (C=O) groups excluding carboxylic acids is 1. The van der Waals surface area contributed by atoms with Crippen molar-refractivity contribution in [1.29, 1.82) is 0 Å². The summed E-state index contributed by atoms with van der Waals surface area (Å²) in [5.41, 5.74) is 1.55. The summed E-state index contributed by atoms with van der Waals surface area (Å²) in [6.07, 6.45) is 0.284. The van der Waals surface area contributed by atoms with Crippen molar-refractivity contribution in [1.82, 2.24) is 0 Å². The van der Waals surface area contributed by atoms with Crippen molar-refractivity contribution in [2.45, 2.75) is 11.8 Å². The van der Waals surface area contributed by atoms with E-state index in [-0.39, 0.29) is 18.0 Å². The summed E-state index contributed by atoms with van der Waals surface area (Å²) < 4.78 is 12.8. The number of hydrogen-bond acceptors (Lipinski definition) is 1. The van der Waals surface area contributed by atoms with Crippen molar-refractivity contribution >= 4 is 17.4 Å². The van der Waals surface area contributed by atoms with Crippen LogP contribution in [0.15, 0.2) is 54.6 Å². The molecule has 0 aliphatic heterocycles. The predicted octanol–water partition coefficient (Wildman–Crippen LogP) is 3.92. The molecule has 1 atom stereocenters. The summed E-state index contributed by atoms with van der Waals surface area (Å²) >= 11 is 6.09. The van der Waals surface area contributed by atoms with E-state index in [9.17, 15) is 9.18 Å². The van der Waals surface area contributed by atoms with E-state index in [1.54, 1.807) is 0 Å². The molecule has 0 saturated heterocycles. The number of hydrogen-bond donors (Lipinski definition) is 0. The smallest absolute Gasteiger partial charge is 0.159 e. The van der Waals surface area contributed by atoms with E-state index in [4.69, 9.17) is 11.6 Å². The highest BCUT2D eigenvalue weighted by molar-refractivity contribution is 6.31. The van der Waals surface area contributed by atoms with E-state index in [0.717, 1.165) is 5.56 Å². The van der Waals surface area contributed by atoms with Crippen LogP contribution in [-0.4, -0.2) is 5.78 Å². The molecule has 0 heterocycles. The van der Waals surface area contributed by atoms with Crippen molar-refractivity contribution in [3.05, 3.63) is 71.5 Å². The molecular formula is C15H12ClFO. The molecule has 18 heavy (non-hydrogen) atoms.